The fourth-order valence-electron chi connectivity index (χ4n) is 2.23. The van der Waals surface area contributed by atoms with E-state index >= 15 is 0 Å². The molecule has 2 aromatic heterocycles. The van der Waals surface area contributed by atoms with Crippen LogP contribution in [0.15, 0.2) is 24.5 Å². The molecule has 1 aliphatic heterocycles. The molecule has 5 nitrogen and oxygen atoms in total. The normalized spacial score (nSPS) is 19.4. The minimum absolute atomic E-state index is 0.196. The van der Waals surface area contributed by atoms with Crippen molar-refractivity contribution in [2.75, 3.05) is 18.0 Å². The van der Waals surface area contributed by atoms with E-state index in [1.54, 1.807) is 23.7 Å². The van der Waals surface area contributed by atoms with Gasteiger partial charge < -0.3 is 9.64 Å². The SMILES string of the molecule is Cc1nnc(N2CCCC(Oc3cccnc3)C2)s1. The fraction of sp³-hybridized carbons (Fsp3) is 0.462. The first-order valence-corrected chi connectivity index (χ1v) is 7.24. The van der Waals surface area contributed by atoms with Crippen LogP contribution >= 0.6 is 11.3 Å². The Morgan fingerprint density at radius 2 is 2.37 bits per heavy atom. The summed E-state index contributed by atoms with van der Waals surface area (Å²) in [5, 5.41) is 10.3. The van der Waals surface area contributed by atoms with Crippen molar-refractivity contribution in [2.24, 2.45) is 0 Å². The highest BCUT2D eigenvalue weighted by atomic mass is 32.1. The molecule has 3 rings (SSSR count). The molecule has 1 aliphatic rings. The van der Waals surface area contributed by atoms with E-state index in [-0.39, 0.29) is 6.10 Å². The lowest BCUT2D eigenvalue weighted by molar-refractivity contribution is 0.178. The van der Waals surface area contributed by atoms with Crippen LogP contribution in [0.2, 0.25) is 0 Å². The summed E-state index contributed by atoms with van der Waals surface area (Å²) in [7, 11) is 0. The molecule has 19 heavy (non-hydrogen) atoms. The van der Waals surface area contributed by atoms with Crippen LogP contribution in [0.25, 0.3) is 0 Å². The van der Waals surface area contributed by atoms with Crippen molar-refractivity contribution < 1.29 is 4.74 Å². The number of ether oxygens (including phenoxy) is 1. The van der Waals surface area contributed by atoms with Crippen LogP contribution in [0, 0.1) is 6.92 Å². The maximum Gasteiger partial charge on any atom is 0.208 e. The van der Waals surface area contributed by atoms with E-state index in [0.717, 1.165) is 41.8 Å². The molecule has 0 radical (unpaired) electrons. The maximum atomic E-state index is 5.97. The van der Waals surface area contributed by atoms with Crippen molar-refractivity contribution in [1.29, 1.82) is 0 Å². The topological polar surface area (TPSA) is 51.1 Å². The largest absolute Gasteiger partial charge is 0.487 e. The number of piperidine rings is 1. The average Bonchev–Trinajstić information content (AvgIpc) is 2.87. The Morgan fingerprint density at radius 3 is 3.11 bits per heavy atom. The van der Waals surface area contributed by atoms with Crippen molar-refractivity contribution in [1.82, 2.24) is 15.2 Å². The molecule has 0 amide bonds. The molecule has 6 heteroatoms. The summed E-state index contributed by atoms with van der Waals surface area (Å²) >= 11 is 1.64. The van der Waals surface area contributed by atoms with E-state index in [9.17, 15) is 0 Å². The highest BCUT2D eigenvalue weighted by Crippen LogP contribution is 2.25. The van der Waals surface area contributed by atoms with Gasteiger partial charge in [0.1, 0.15) is 16.9 Å². The summed E-state index contributed by atoms with van der Waals surface area (Å²) in [6, 6.07) is 3.84. The standard InChI is InChI=1S/C13H16N4OS/c1-10-15-16-13(19-10)17-7-3-5-12(9-17)18-11-4-2-6-14-8-11/h2,4,6,8,12H,3,5,7,9H2,1H3. The van der Waals surface area contributed by atoms with Crippen LogP contribution in [0.1, 0.15) is 17.8 Å². The van der Waals surface area contributed by atoms with Crippen molar-refractivity contribution >= 4 is 16.5 Å². The zero-order valence-corrected chi connectivity index (χ0v) is 11.6. The Morgan fingerprint density at radius 1 is 1.42 bits per heavy atom. The molecular formula is C13H16N4OS. The van der Waals surface area contributed by atoms with Gasteiger partial charge >= 0.3 is 0 Å². The molecule has 2 aromatic rings. The molecule has 0 bridgehead atoms. The first kappa shape index (κ1) is 12.3. The van der Waals surface area contributed by atoms with Crippen LogP contribution in [-0.2, 0) is 0 Å². The molecule has 3 heterocycles. The average molecular weight is 276 g/mol. The van der Waals surface area contributed by atoms with Gasteiger partial charge in [-0.1, -0.05) is 11.3 Å². The number of aryl methyl sites for hydroxylation is 1. The Labute approximate surface area is 116 Å². The van der Waals surface area contributed by atoms with Gasteiger partial charge in [-0.05, 0) is 31.9 Å². The monoisotopic (exact) mass is 276 g/mol. The van der Waals surface area contributed by atoms with Crippen molar-refractivity contribution in [3.8, 4) is 5.75 Å². The van der Waals surface area contributed by atoms with E-state index in [1.807, 2.05) is 19.1 Å². The highest BCUT2D eigenvalue weighted by molar-refractivity contribution is 7.15. The number of hydrogen-bond acceptors (Lipinski definition) is 6. The third-order valence-corrected chi connectivity index (χ3v) is 4.00. The van der Waals surface area contributed by atoms with Crippen molar-refractivity contribution in [2.45, 2.75) is 25.9 Å². The first-order valence-electron chi connectivity index (χ1n) is 6.43. The number of pyridine rings is 1. The lowest BCUT2D eigenvalue weighted by atomic mass is 10.1. The molecular weight excluding hydrogens is 260 g/mol. The van der Waals surface area contributed by atoms with Gasteiger partial charge in [-0.25, -0.2) is 0 Å². The van der Waals surface area contributed by atoms with Gasteiger partial charge in [0.15, 0.2) is 0 Å². The van der Waals surface area contributed by atoms with Gasteiger partial charge in [-0.3, -0.25) is 4.98 Å². The van der Waals surface area contributed by atoms with Gasteiger partial charge in [0.05, 0.1) is 12.7 Å². The molecule has 1 saturated heterocycles. The smallest absolute Gasteiger partial charge is 0.208 e. The first-order chi connectivity index (χ1) is 9.31. The highest BCUT2D eigenvalue weighted by Gasteiger charge is 2.23. The quantitative estimate of drug-likeness (QED) is 0.861. The van der Waals surface area contributed by atoms with E-state index in [2.05, 4.69) is 20.1 Å². The molecule has 0 N–H and O–H groups in total. The summed E-state index contributed by atoms with van der Waals surface area (Å²) in [6.45, 7) is 3.87. The Hall–Kier alpha value is -1.69. The number of aromatic nitrogens is 3. The second-order valence-corrected chi connectivity index (χ2v) is 5.78. The zero-order chi connectivity index (χ0) is 13.1. The zero-order valence-electron chi connectivity index (χ0n) is 10.8. The molecule has 100 valence electrons. The van der Waals surface area contributed by atoms with Crippen LogP contribution in [0.5, 0.6) is 5.75 Å². The molecule has 1 atom stereocenters. The molecule has 0 aromatic carbocycles. The second kappa shape index (κ2) is 5.52. The van der Waals surface area contributed by atoms with Crippen LogP contribution in [0.4, 0.5) is 5.13 Å². The lowest BCUT2D eigenvalue weighted by Gasteiger charge is -2.32. The van der Waals surface area contributed by atoms with Crippen LogP contribution in [0.3, 0.4) is 0 Å². The van der Waals surface area contributed by atoms with Gasteiger partial charge in [-0.2, -0.15) is 0 Å². The Kier molecular flexibility index (Phi) is 3.59. The van der Waals surface area contributed by atoms with E-state index in [4.69, 9.17) is 4.74 Å². The predicted molar refractivity (Wildman–Crippen MR) is 74.7 cm³/mol. The van der Waals surface area contributed by atoms with E-state index in [0.29, 0.717) is 0 Å². The molecule has 1 fully saturated rings. The van der Waals surface area contributed by atoms with Gasteiger partial charge in [0, 0.05) is 12.7 Å². The summed E-state index contributed by atoms with van der Waals surface area (Å²) in [5.74, 6) is 0.836. The third kappa shape index (κ3) is 3.01. The number of anilines is 1. The maximum absolute atomic E-state index is 5.97. The predicted octanol–water partition coefficient (Wildman–Crippen LogP) is 2.29. The third-order valence-electron chi connectivity index (χ3n) is 3.10. The summed E-state index contributed by atoms with van der Waals surface area (Å²) in [5.41, 5.74) is 0. The van der Waals surface area contributed by atoms with E-state index in [1.165, 1.54) is 0 Å². The second-order valence-electron chi connectivity index (χ2n) is 4.62. The summed E-state index contributed by atoms with van der Waals surface area (Å²) in [6.07, 6.45) is 5.90. The van der Waals surface area contributed by atoms with Crippen LogP contribution in [-0.4, -0.2) is 34.4 Å². The van der Waals surface area contributed by atoms with E-state index < -0.39 is 0 Å². The lowest BCUT2D eigenvalue weighted by Crippen LogP contribution is -2.41. The molecule has 0 spiro atoms. The number of rotatable bonds is 3. The van der Waals surface area contributed by atoms with Crippen molar-refractivity contribution in [3.63, 3.8) is 0 Å². The minimum atomic E-state index is 0.196. The number of nitrogens with zero attached hydrogens (tertiary/aromatic N) is 4. The molecule has 0 aliphatic carbocycles. The van der Waals surface area contributed by atoms with Crippen molar-refractivity contribution in [3.05, 3.63) is 29.5 Å². The van der Waals surface area contributed by atoms with Crippen LogP contribution < -0.4 is 9.64 Å². The minimum Gasteiger partial charge on any atom is -0.487 e. The van der Waals surface area contributed by atoms with Gasteiger partial charge in [-0.15, -0.1) is 10.2 Å². The molecule has 1 unspecified atom stereocenters. The summed E-state index contributed by atoms with van der Waals surface area (Å²) in [4.78, 5) is 6.33. The van der Waals surface area contributed by atoms with Gasteiger partial charge in [0.25, 0.3) is 0 Å². The summed E-state index contributed by atoms with van der Waals surface area (Å²) < 4.78 is 5.97. The fourth-order valence-corrected chi connectivity index (χ4v) is 2.95. The Bertz CT molecular complexity index is 530. The molecule has 0 saturated carbocycles. The Balaban J connectivity index is 1.65. The van der Waals surface area contributed by atoms with Gasteiger partial charge in [0.2, 0.25) is 5.13 Å². The number of hydrogen-bond donors (Lipinski definition) is 0.